The fraction of sp³-hybridized carbons (Fsp3) is 0.364. The Morgan fingerprint density at radius 1 is 1.14 bits per heavy atom. The van der Waals surface area contributed by atoms with E-state index < -0.39 is 6.04 Å². The molecule has 29 heavy (non-hydrogen) atoms. The fourth-order valence-corrected chi connectivity index (χ4v) is 3.15. The third-order valence-electron chi connectivity index (χ3n) is 4.41. The van der Waals surface area contributed by atoms with Gasteiger partial charge >= 0.3 is 0 Å². The molecule has 0 bridgehead atoms. The average molecular weight is 419 g/mol. The number of benzene rings is 2. The molecule has 0 unspecified atom stereocenters. The summed E-state index contributed by atoms with van der Waals surface area (Å²) in [5, 5.41) is 3.23. The number of nitrogens with one attached hydrogen (secondary N) is 1. The first-order chi connectivity index (χ1) is 14.0. The molecule has 0 heterocycles. The number of nitrogens with zero attached hydrogens (tertiary/aromatic N) is 1. The van der Waals surface area contributed by atoms with E-state index in [9.17, 15) is 9.59 Å². The third kappa shape index (κ3) is 6.39. The first-order valence-corrected chi connectivity index (χ1v) is 9.95. The molecule has 0 spiro atoms. The summed E-state index contributed by atoms with van der Waals surface area (Å²) in [6, 6.07) is 13.8. The van der Waals surface area contributed by atoms with Crippen LogP contribution in [0.15, 0.2) is 48.5 Å². The number of likely N-dealkylation sites (N-methyl/N-ethyl adjacent to an activating group) is 1. The van der Waals surface area contributed by atoms with E-state index in [2.05, 4.69) is 5.32 Å². The van der Waals surface area contributed by atoms with E-state index in [1.54, 1.807) is 31.4 Å². The number of para-hydroxylation sites is 1. The largest absolute Gasteiger partial charge is 0.497 e. The summed E-state index contributed by atoms with van der Waals surface area (Å²) in [6.07, 6.45) is 0.480. The van der Waals surface area contributed by atoms with E-state index in [1.807, 2.05) is 38.1 Å². The zero-order valence-electron chi connectivity index (χ0n) is 17.0. The number of amides is 2. The molecule has 0 aliphatic heterocycles. The summed E-state index contributed by atoms with van der Waals surface area (Å²) < 4.78 is 10.9. The van der Waals surface area contributed by atoms with Gasteiger partial charge in [0.25, 0.3) is 5.91 Å². The van der Waals surface area contributed by atoms with Crippen molar-refractivity contribution in [2.45, 2.75) is 32.9 Å². The topological polar surface area (TPSA) is 67.9 Å². The molecule has 7 heteroatoms. The Bertz CT molecular complexity index is 828. The minimum absolute atomic E-state index is 0.191. The Balaban J connectivity index is 2.23. The van der Waals surface area contributed by atoms with Gasteiger partial charge in [-0.3, -0.25) is 9.59 Å². The Morgan fingerprint density at radius 2 is 1.90 bits per heavy atom. The number of hydrogen-bond donors (Lipinski definition) is 1. The molecular weight excluding hydrogens is 392 g/mol. The van der Waals surface area contributed by atoms with Crippen LogP contribution in [0.5, 0.6) is 11.5 Å². The van der Waals surface area contributed by atoms with Gasteiger partial charge in [0, 0.05) is 13.1 Å². The van der Waals surface area contributed by atoms with Gasteiger partial charge in [-0.2, -0.15) is 0 Å². The molecule has 2 rings (SSSR count). The molecule has 2 aromatic rings. The van der Waals surface area contributed by atoms with Gasteiger partial charge in [-0.05, 0) is 43.2 Å². The van der Waals surface area contributed by atoms with Gasteiger partial charge in [-0.15, -0.1) is 0 Å². The van der Waals surface area contributed by atoms with Gasteiger partial charge in [-0.1, -0.05) is 42.8 Å². The second-order valence-corrected chi connectivity index (χ2v) is 6.82. The van der Waals surface area contributed by atoms with Crippen molar-refractivity contribution in [3.05, 3.63) is 59.1 Å². The molecule has 2 aromatic carbocycles. The molecule has 156 valence electrons. The molecule has 6 nitrogen and oxygen atoms in total. The third-order valence-corrected chi connectivity index (χ3v) is 4.72. The van der Waals surface area contributed by atoms with Crippen LogP contribution in [0, 0.1) is 0 Å². The second-order valence-electron chi connectivity index (χ2n) is 6.41. The number of halogens is 1. The maximum absolute atomic E-state index is 13.0. The standard InChI is InChI=1S/C22H27ClN2O4/c1-4-19(22(27)24-5-2)25(14-16-9-8-10-17(13-16)28-3)21(26)15-29-20-12-7-6-11-18(20)23/h6-13,19H,4-5,14-15H2,1-3H3,(H,24,27)/t19-/m1/s1. The van der Waals surface area contributed by atoms with Crippen LogP contribution >= 0.6 is 11.6 Å². The van der Waals surface area contributed by atoms with Crippen molar-refractivity contribution in [3.63, 3.8) is 0 Å². The summed E-state index contributed by atoms with van der Waals surface area (Å²) >= 11 is 6.10. The number of carbonyl (C=O) groups excluding carboxylic acids is 2. The number of ether oxygens (including phenoxy) is 2. The van der Waals surface area contributed by atoms with E-state index in [-0.39, 0.29) is 25.0 Å². The quantitative estimate of drug-likeness (QED) is 0.639. The van der Waals surface area contributed by atoms with Crippen molar-refractivity contribution in [1.29, 1.82) is 0 Å². The van der Waals surface area contributed by atoms with Gasteiger partial charge in [0.15, 0.2) is 6.61 Å². The maximum Gasteiger partial charge on any atom is 0.261 e. The second kappa shape index (κ2) is 11.3. The van der Waals surface area contributed by atoms with Gasteiger partial charge in [0.1, 0.15) is 17.5 Å². The minimum Gasteiger partial charge on any atom is -0.497 e. The lowest BCUT2D eigenvalue weighted by Gasteiger charge is -2.30. The first kappa shape index (κ1) is 22.6. The summed E-state index contributed by atoms with van der Waals surface area (Å²) in [6.45, 7) is 4.26. The number of hydrogen-bond acceptors (Lipinski definition) is 4. The number of carbonyl (C=O) groups is 2. The summed E-state index contributed by atoms with van der Waals surface area (Å²) in [4.78, 5) is 27.2. The van der Waals surface area contributed by atoms with Crippen molar-refractivity contribution in [2.75, 3.05) is 20.3 Å². The fourth-order valence-electron chi connectivity index (χ4n) is 2.96. The minimum atomic E-state index is -0.608. The molecule has 2 amide bonds. The van der Waals surface area contributed by atoms with Crippen LogP contribution in [0.4, 0.5) is 0 Å². The molecule has 0 saturated carbocycles. The van der Waals surface area contributed by atoms with Crippen molar-refractivity contribution >= 4 is 23.4 Å². The van der Waals surface area contributed by atoms with Gasteiger partial charge < -0.3 is 19.7 Å². The van der Waals surface area contributed by atoms with Gasteiger partial charge in [-0.25, -0.2) is 0 Å². The van der Waals surface area contributed by atoms with Crippen molar-refractivity contribution in [3.8, 4) is 11.5 Å². The lowest BCUT2D eigenvalue weighted by Crippen LogP contribution is -2.50. The molecule has 0 aliphatic rings. The van der Waals surface area contributed by atoms with Crippen LogP contribution in [0.3, 0.4) is 0 Å². The molecule has 1 N–H and O–H groups in total. The summed E-state index contributed by atoms with van der Waals surface area (Å²) in [7, 11) is 1.59. The summed E-state index contributed by atoms with van der Waals surface area (Å²) in [5.41, 5.74) is 0.859. The lowest BCUT2D eigenvalue weighted by atomic mass is 10.1. The molecule has 1 atom stereocenters. The van der Waals surface area contributed by atoms with E-state index in [4.69, 9.17) is 21.1 Å². The number of rotatable bonds is 10. The predicted molar refractivity (Wildman–Crippen MR) is 113 cm³/mol. The highest BCUT2D eigenvalue weighted by Gasteiger charge is 2.28. The zero-order chi connectivity index (χ0) is 21.2. The first-order valence-electron chi connectivity index (χ1n) is 9.57. The van der Waals surface area contributed by atoms with Crippen molar-refractivity contribution in [2.24, 2.45) is 0 Å². The molecule has 0 aliphatic carbocycles. The molecule has 0 fully saturated rings. The van der Waals surface area contributed by atoms with E-state index in [0.29, 0.717) is 29.5 Å². The molecular formula is C22H27ClN2O4. The zero-order valence-corrected chi connectivity index (χ0v) is 17.7. The monoisotopic (exact) mass is 418 g/mol. The Kier molecular flexibility index (Phi) is 8.80. The van der Waals surface area contributed by atoms with Crippen LogP contribution in [0.1, 0.15) is 25.8 Å². The highest BCUT2D eigenvalue weighted by atomic mass is 35.5. The van der Waals surface area contributed by atoms with Crippen LogP contribution in [-0.2, 0) is 16.1 Å². The Morgan fingerprint density at radius 3 is 2.55 bits per heavy atom. The van der Waals surface area contributed by atoms with E-state index >= 15 is 0 Å². The summed E-state index contributed by atoms with van der Waals surface area (Å²) in [5.74, 6) is 0.623. The van der Waals surface area contributed by atoms with Crippen LogP contribution in [0.25, 0.3) is 0 Å². The highest BCUT2D eigenvalue weighted by molar-refractivity contribution is 6.32. The molecule has 0 aromatic heterocycles. The Labute approximate surface area is 176 Å². The number of methoxy groups -OCH3 is 1. The predicted octanol–water partition coefficient (Wildman–Crippen LogP) is 3.67. The Hall–Kier alpha value is -2.73. The van der Waals surface area contributed by atoms with Gasteiger partial charge in [0.2, 0.25) is 5.91 Å². The van der Waals surface area contributed by atoms with Crippen molar-refractivity contribution < 1.29 is 19.1 Å². The van der Waals surface area contributed by atoms with Crippen LogP contribution < -0.4 is 14.8 Å². The molecule has 0 radical (unpaired) electrons. The van der Waals surface area contributed by atoms with E-state index in [1.165, 1.54) is 4.90 Å². The SMILES string of the molecule is CCNC(=O)[C@@H](CC)N(Cc1cccc(OC)c1)C(=O)COc1ccccc1Cl. The van der Waals surface area contributed by atoms with Gasteiger partial charge in [0.05, 0.1) is 12.1 Å². The van der Waals surface area contributed by atoms with E-state index in [0.717, 1.165) is 5.56 Å². The highest BCUT2D eigenvalue weighted by Crippen LogP contribution is 2.23. The average Bonchev–Trinajstić information content (AvgIpc) is 2.73. The smallest absolute Gasteiger partial charge is 0.261 e. The lowest BCUT2D eigenvalue weighted by molar-refractivity contribution is -0.142. The van der Waals surface area contributed by atoms with Crippen LogP contribution in [0.2, 0.25) is 5.02 Å². The van der Waals surface area contributed by atoms with Crippen LogP contribution in [-0.4, -0.2) is 43.0 Å². The normalized spacial score (nSPS) is 11.4. The van der Waals surface area contributed by atoms with Crippen molar-refractivity contribution in [1.82, 2.24) is 10.2 Å². The maximum atomic E-state index is 13.0. The molecule has 0 saturated heterocycles.